The Morgan fingerprint density at radius 2 is 1.77 bits per heavy atom. The van der Waals surface area contributed by atoms with Crippen LogP contribution in [-0.2, 0) is 18.6 Å². The molecular weight excluding hydrogens is 434 g/mol. The normalized spacial score (nSPS) is 13.5. The first kappa shape index (κ1) is 20.4. The molecule has 0 bridgehead atoms. The first-order chi connectivity index (χ1) is 15.0. The van der Waals surface area contributed by atoms with Gasteiger partial charge in [0, 0.05) is 16.2 Å². The Bertz CT molecular complexity index is 1320. The van der Waals surface area contributed by atoms with E-state index in [1.54, 1.807) is 15.9 Å². The molecule has 2 aromatic heterocycles. The van der Waals surface area contributed by atoms with Gasteiger partial charge in [0.05, 0.1) is 11.1 Å². The Hall–Kier alpha value is -2.51. The van der Waals surface area contributed by atoms with Crippen molar-refractivity contribution in [2.24, 2.45) is 0 Å². The molecule has 0 atom stereocenters. The van der Waals surface area contributed by atoms with E-state index in [0.29, 0.717) is 16.2 Å². The first-order valence-corrected chi connectivity index (χ1v) is 12.0. The van der Waals surface area contributed by atoms with Gasteiger partial charge in [0.25, 0.3) is 5.56 Å². The molecule has 0 saturated heterocycles. The van der Waals surface area contributed by atoms with E-state index >= 15 is 0 Å². The van der Waals surface area contributed by atoms with Gasteiger partial charge in [0.2, 0.25) is 0 Å². The van der Waals surface area contributed by atoms with Gasteiger partial charge in [0.15, 0.2) is 5.16 Å². The fourth-order valence-electron chi connectivity index (χ4n) is 4.01. The predicted molar refractivity (Wildman–Crippen MR) is 123 cm³/mol. The second kappa shape index (κ2) is 8.20. The summed E-state index contributed by atoms with van der Waals surface area (Å²) in [6.07, 6.45) is 4.07. The zero-order chi connectivity index (χ0) is 21.5. The Kier molecular flexibility index (Phi) is 5.40. The number of halogens is 2. The number of hydrogen-bond donors (Lipinski definition) is 0. The van der Waals surface area contributed by atoms with Crippen LogP contribution >= 0.6 is 23.1 Å². The van der Waals surface area contributed by atoms with Crippen molar-refractivity contribution in [2.75, 3.05) is 0 Å². The summed E-state index contributed by atoms with van der Waals surface area (Å²) in [6, 6.07) is 11.5. The third-order valence-electron chi connectivity index (χ3n) is 5.66. The molecular formula is C24H20F2N2OS2. The van der Waals surface area contributed by atoms with Gasteiger partial charge in [-0.05, 0) is 62.4 Å². The molecule has 2 aromatic carbocycles. The number of benzene rings is 2. The number of aromatic nitrogens is 2. The second-order valence-corrected chi connectivity index (χ2v) is 9.78. The molecule has 1 aliphatic rings. The molecule has 2 heterocycles. The number of rotatable bonds is 4. The zero-order valence-corrected chi connectivity index (χ0v) is 18.6. The lowest BCUT2D eigenvalue weighted by Crippen LogP contribution is -2.22. The summed E-state index contributed by atoms with van der Waals surface area (Å²) in [4.78, 5) is 20.5. The monoisotopic (exact) mass is 454 g/mol. The molecule has 5 rings (SSSR count). The standard InChI is InChI=1S/C24H20F2N2OS2/c1-14-9-11-15(12-10-14)28-23(29)21-16-5-2-3-8-20(16)31-22(21)27-24(28)30-13-17-18(25)6-4-7-19(17)26/h4,6-7,9-12H,2-3,5,8,13H2,1H3. The molecule has 7 heteroatoms. The maximum Gasteiger partial charge on any atom is 0.267 e. The third-order valence-corrected chi connectivity index (χ3v) is 7.81. The minimum Gasteiger partial charge on any atom is -0.268 e. The van der Waals surface area contributed by atoms with Crippen LogP contribution in [0.3, 0.4) is 0 Å². The topological polar surface area (TPSA) is 34.9 Å². The highest BCUT2D eigenvalue weighted by Crippen LogP contribution is 2.36. The summed E-state index contributed by atoms with van der Waals surface area (Å²) in [5, 5.41) is 1.14. The lowest BCUT2D eigenvalue weighted by Gasteiger charge is -2.14. The summed E-state index contributed by atoms with van der Waals surface area (Å²) in [7, 11) is 0. The Morgan fingerprint density at radius 3 is 2.52 bits per heavy atom. The van der Waals surface area contributed by atoms with E-state index < -0.39 is 11.6 Å². The highest BCUT2D eigenvalue weighted by molar-refractivity contribution is 7.98. The van der Waals surface area contributed by atoms with Crippen molar-refractivity contribution in [3.05, 3.63) is 86.0 Å². The number of thiophene rings is 1. The first-order valence-electron chi connectivity index (χ1n) is 10.2. The molecule has 0 radical (unpaired) electrons. The van der Waals surface area contributed by atoms with E-state index in [4.69, 9.17) is 4.98 Å². The van der Waals surface area contributed by atoms with Crippen LogP contribution in [0.4, 0.5) is 8.78 Å². The van der Waals surface area contributed by atoms with Gasteiger partial charge in [0.1, 0.15) is 16.5 Å². The number of hydrogen-bond acceptors (Lipinski definition) is 4. The van der Waals surface area contributed by atoms with Crippen molar-refractivity contribution in [1.29, 1.82) is 0 Å². The van der Waals surface area contributed by atoms with Crippen molar-refractivity contribution in [1.82, 2.24) is 9.55 Å². The van der Waals surface area contributed by atoms with Crippen LogP contribution in [0, 0.1) is 18.6 Å². The summed E-state index contributed by atoms with van der Waals surface area (Å²) in [5.74, 6) is -1.14. The highest BCUT2D eigenvalue weighted by Gasteiger charge is 2.23. The smallest absolute Gasteiger partial charge is 0.267 e. The van der Waals surface area contributed by atoms with Crippen LogP contribution in [0.15, 0.2) is 52.4 Å². The SMILES string of the molecule is Cc1ccc(-n2c(SCc3c(F)cccc3F)nc3sc4c(c3c2=O)CCCC4)cc1. The minimum absolute atomic E-state index is 0.0113. The molecule has 0 fully saturated rings. The quantitative estimate of drug-likeness (QED) is 0.272. The Balaban J connectivity index is 1.67. The molecule has 0 aliphatic heterocycles. The molecule has 1 aliphatic carbocycles. The van der Waals surface area contributed by atoms with Crippen LogP contribution in [-0.4, -0.2) is 9.55 Å². The zero-order valence-electron chi connectivity index (χ0n) is 17.0. The van der Waals surface area contributed by atoms with Crippen LogP contribution in [0.2, 0.25) is 0 Å². The second-order valence-electron chi connectivity index (χ2n) is 7.75. The largest absolute Gasteiger partial charge is 0.268 e. The van der Waals surface area contributed by atoms with Crippen molar-refractivity contribution < 1.29 is 8.78 Å². The van der Waals surface area contributed by atoms with Gasteiger partial charge in [-0.2, -0.15) is 0 Å². The van der Waals surface area contributed by atoms with Crippen molar-refractivity contribution in [2.45, 2.75) is 43.5 Å². The van der Waals surface area contributed by atoms with E-state index in [-0.39, 0.29) is 16.9 Å². The van der Waals surface area contributed by atoms with Crippen LogP contribution in [0.25, 0.3) is 15.9 Å². The molecule has 0 spiro atoms. The Labute approximate surface area is 186 Å². The molecule has 0 unspecified atom stereocenters. The highest BCUT2D eigenvalue weighted by atomic mass is 32.2. The number of fused-ring (bicyclic) bond motifs is 3. The average molecular weight is 455 g/mol. The van der Waals surface area contributed by atoms with E-state index in [1.807, 2.05) is 31.2 Å². The van der Waals surface area contributed by atoms with Gasteiger partial charge in [-0.1, -0.05) is 35.5 Å². The molecule has 4 aromatic rings. The van der Waals surface area contributed by atoms with Gasteiger partial charge in [-0.3, -0.25) is 9.36 Å². The lowest BCUT2D eigenvalue weighted by molar-refractivity contribution is 0.566. The van der Waals surface area contributed by atoms with Crippen molar-refractivity contribution in [3.8, 4) is 5.69 Å². The fraction of sp³-hybridized carbons (Fsp3) is 0.250. The number of nitrogens with zero attached hydrogens (tertiary/aromatic N) is 2. The lowest BCUT2D eigenvalue weighted by atomic mass is 9.97. The molecule has 3 nitrogen and oxygen atoms in total. The number of aryl methyl sites for hydroxylation is 3. The molecule has 0 N–H and O–H groups in total. The minimum atomic E-state index is -0.593. The van der Waals surface area contributed by atoms with Crippen LogP contribution < -0.4 is 5.56 Å². The summed E-state index contributed by atoms with van der Waals surface area (Å²) in [5.41, 5.74) is 2.80. The third kappa shape index (κ3) is 3.70. The maximum absolute atomic E-state index is 14.2. The average Bonchev–Trinajstić information content (AvgIpc) is 3.13. The predicted octanol–water partition coefficient (Wildman–Crippen LogP) is 6.20. The van der Waals surface area contributed by atoms with E-state index in [0.717, 1.165) is 41.6 Å². The summed E-state index contributed by atoms with van der Waals surface area (Å²) >= 11 is 2.76. The molecule has 158 valence electrons. The molecule has 31 heavy (non-hydrogen) atoms. The van der Waals surface area contributed by atoms with E-state index in [2.05, 4.69) is 0 Å². The van der Waals surface area contributed by atoms with Crippen molar-refractivity contribution >= 4 is 33.3 Å². The van der Waals surface area contributed by atoms with Gasteiger partial charge in [-0.15, -0.1) is 11.3 Å². The molecule has 0 saturated carbocycles. The number of thioether (sulfide) groups is 1. The molecule has 0 amide bonds. The van der Waals surface area contributed by atoms with Crippen molar-refractivity contribution in [3.63, 3.8) is 0 Å². The van der Waals surface area contributed by atoms with Gasteiger partial charge in [-0.25, -0.2) is 13.8 Å². The maximum atomic E-state index is 14.2. The summed E-state index contributed by atoms with van der Waals surface area (Å²) in [6.45, 7) is 1.99. The summed E-state index contributed by atoms with van der Waals surface area (Å²) < 4.78 is 29.9. The van der Waals surface area contributed by atoms with Gasteiger partial charge < -0.3 is 0 Å². The van der Waals surface area contributed by atoms with Crippen LogP contribution in [0.1, 0.15) is 34.4 Å². The Morgan fingerprint density at radius 1 is 1.06 bits per heavy atom. The fourth-order valence-corrected chi connectivity index (χ4v) is 6.34. The van der Waals surface area contributed by atoms with Gasteiger partial charge >= 0.3 is 0 Å². The van der Waals surface area contributed by atoms with E-state index in [9.17, 15) is 13.6 Å². The van der Waals surface area contributed by atoms with E-state index in [1.165, 1.54) is 34.8 Å². The van der Waals surface area contributed by atoms with Crippen LogP contribution in [0.5, 0.6) is 0 Å².